The lowest BCUT2D eigenvalue weighted by Crippen LogP contribution is -2.12. The summed E-state index contributed by atoms with van der Waals surface area (Å²) in [7, 11) is 0. The van der Waals surface area contributed by atoms with Gasteiger partial charge in [-0.2, -0.15) is 0 Å². The first-order chi connectivity index (χ1) is 5.92. The minimum Gasteiger partial charge on any atom is -0.467 e. The largest absolute Gasteiger partial charge is 0.467 e. The molecule has 1 aliphatic rings. The zero-order valence-electron chi connectivity index (χ0n) is 6.45. The van der Waals surface area contributed by atoms with Crippen LogP contribution in [0.4, 0.5) is 0 Å². The first kappa shape index (κ1) is 7.31. The van der Waals surface area contributed by atoms with Gasteiger partial charge >= 0.3 is 0 Å². The summed E-state index contributed by atoms with van der Waals surface area (Å²) < 4.78 is 10.2. The van der Waals surface area contributed by atoms with E-state index in [1.165, 1.54) is 0 Å². The highest BCUT2D eigenvalue weighted by Gasteiger charge is 2.13. The van der Waals surface area contributed by atoms with Crippen molar-refractivity contribution in [3.63, 3.8) is 0 Å². The number of rotatable bonds is 1. The molecule has 0 saturated heterocycles. The van der Waals surface area contributed by atoms with Crippen molar-refractivity contribution in [3.05, 3.63) is 29.3 Å². The van der Waals surface area contributed by atoms with Crippen LogP contribution in [-0.2, 0) is 11.3 Å². The normalized spacial score (nSPS) is 14.7. The fourth-order valence-corrected chi connectivity index (χ4v) is 1.23. The molecule has 2 rings (SSSR count). The molecule has 0 aliphatic carbocycles. The summed E-state index contributed by atoms with van der Waals surface area (Å²) in [5, 5.41) is 0. The molecule has 3 nitrogen and oxygen atoms in total. The van der Waals surface area contributed by atoms with Crippen LogP contribution in [0, 0.1) is 0 Å². The number of carbonyl (C=O) groups excluding carboxylic acids is 1. The van der Waals surface area contributed by atoms with E-state index >= 15 is 0 Å². The molecule has 0 fully saturated rings. The minimum absolute atomic E-state index is 0.273. The fourth-order valence-electron chi connectivity index (χ4n) is 1.23. The fraction of sp³-hybridized carbons (Fsp3) is 0.222. The van der Waals surface area contributed by atoms with Gasteiger partial charge in [-0.25, -0.2) is 0 Å². The molecule has 0 radical (unpaired) electrons. The molecule has 1 aliphatic heterocycles. The number of benzene rings is 1. The van der Waals surface area contributed by atoms with E-state index in [9.17, 15) is 4.79 Å². The van der Waals surface area contributed by atoms with Crippen LogP contribution >= 0.6 is 0 Å². The second-order valence-corrected chi connectivity index (χ2v) is 2.55. The van der Waals surface area contributed by atoms with Gasteiger partial charge in [-0.05, 0) is 6.07 Å². The molecule has 3 heteroatoms. The molecule has 0 unspecified atom stereocenters. The van der Waals surface area contributed by atoms with Crippen molar-refractivity contribution in [2.24, 2.45) is 0 Å². The van der Waals surface area contributed by atoms with E-state index in [0.717, 1.165) is 17.6 Å². The van der Waals surface area contributed by atoms with Gasteiger partial charge < -0.3 is 9.47 Å². The Morgan fingerprint density at radius 2 is 2.33 bits per heavy atom. The lowest BCUT2D eigenvalue weighted by molar-refractivity contribution is -0.0166. The Balaban J connectivity index is 2.51. The van der Waals surface area contributed by atoms with Crippen LogP contribution in [0.25, 0.3) is 0 Å². The van der Waals surface area contributed by atoms with Gasteiger partial charge in [-0.15, -0.1) is 0 Å². The van der Waals surface area contributed by atoms with Gasteiger partial charge in [0.1, 0.15) is 5.75 Å². The summed E-state index contributed by atoms with van der Waals surface area (Å²) in [5.41, 5.74) is 1.49. The van der Waals surface area contributed by atoms with Gasteiger partial charge in [-0.1, -0.05) is 12.1 Å². The van der Waals surface area contributed by atoms with Gasteiger partial charge in [0.15, 0.2) is 13.1 Å². The molecular weight excluding hydrogens is 156 g/mol. The Morgan fingerprint density at radius 3 is 3.17 bits per heavy atom. The van der Waals surface area contributed by atoms with Crippen LogP contribution in [0.5, 0.6) is 5.75 Å². The standard InChI is InChI=1S/C9H8O3/c10-4-7-2-1-3-9-8(7)5-11-6-12-9/h1-4H,5-6H2. The van der Waals surface area contributed by atoms with Gasteiger partial charge in [0.25, 0.3) is 0 Å². The molecule has 0 N–H and O–H groups in total. The second-order valence-electron chi connectivity index (χ2n) is 2.55. The molecule has 1 aromatic carbocycles. The Hall–Kier alpha value is -1.35. The highest BCUT2D eigenvalue weighted by molar-refractivity contribution is 5.78. The number of hydrogen-bond donors (Lipinski definition) is 0. The van der Waals surface area contributed by atoms with Crippen LogP contribution in [-0.4, -0.2) is 13.1 Å². The topological polar surface area (TPSA) is 35.5 Å². The Labute approximate surface area is 69.9 Å². The van der Waals surface area contributed by atoms with Gasteiger partial charge in [0, 0.05) is 11.1 Å². The summed E-state index contributed by atoms with van der Waals surface area (Å²) >= 11 is 0. The number of aldehydes is 1. The highest BCUT2D eigenvalue weighted by Crippen LogP contribution is 2.25. The van der Waals surface area contributed by atoms with E-state index in [2.05, 4.69) is 0 Å². The summed E-state index contributed by atoms with van der Waals surface area (Å²) in [5.74, 6) is 0.755. The zero-order valence-corrected chi connectivity index (χ0v) is 6.45. The van der Waals surface area contributed by atoms with E-state index in [1.54, 1.807) is 12.1 Å². The van der Waals surface area contributed by atoms with Crippen molar-refractivity contribution in [1.29, 1.82) is 0 Å². The third-order valence-electron chi connectivity index (χ3n) is 1.84. The van der Waals surface area contributed by atoms with Crippen molar-refractivity contribution in [3.8, 4) is 5.75 Å². The number of ether oxygens (including phenoxy) is 2. The Kier molecular flexibility index (Phi) is 1.80. The van der Waals surface area contributed by atoms with Gasteiger partial charge in [0.05, 0.1) is 6.61 Å². The minimum atomic E-state index is 0.273. The SMILES string of the molecule is O=Cc1cccc2c1COCO2. The summed E-state index contributed by atoms with van der Waals surface area (Å²) in [6.07, 6.45) is 0.816. The average molecular weight is 164 g/mol. The molecule has 12 heavy (non-hydrogen) atoms. The predicted molar refractivity (Wildman–Crippen MR) is 42.1 cm³/mol. The Morgan fingerprint density at radius 1 is 1.42 bits per heavy atom. The lowest BCUT2D eigenvalue weighted by Gasteiger charge is -2.18. The quantitative estimate of drug-likeness (QED) is 0.588. The van der Waals surface area contributed by atoms with E-state index in [1.807, 2.05) is 6.07 Å². The highest BCUT2D eigenvalue weighted by atomic mass is 16.7. The van der Waals surface area contributed by atoms with E-state index < -0.39 is 0 Å². The summed E-state index contributed by atoms with van der Waals surface area (Å²) in [6, 6.07) is 5.39. The molecule has 0 atom stereocenters. The molecule has 1 heterocycles. The van der Waals surface area contributed by atoms with Crippen molar-refractivity contribution in [2.75, 3.05) is 6.79 Å². The lowest BCUT2D eigenvalue weighted by atomic mass is 10.1. The number of hydrogen-bond acceptors (Lipinski definition) is 3. The van der Waals surface area contributed by atoms with Crippen LogP contribution in [0.3, 0.4) is 0 Å². The molecule has 62 valence electrons. The van der Waals surface area contributed by atoms with Crippen molar-refractivity contribution >= 4 is 6.29 Å². The average Bonchev–Trinajstić information content (AvgIpc) is 2.17. The predicted octanol–water partition coefficient (Wildman–Crippen LogP) is 1.37. The van der Waals surface area contributed by atoms with E-state index in [-0.39, 0.29) is 6.79 Å². The third-order valence-corrected chi connectivity index (χ3v) is 1.84. The van der Waals surface area contributed by atoms with E-state index in [0.29, 0.717) is 12.2 Å². The summed E-state index contributed by atoms with van der Waals surface area (Å²) in [4.78, 5) is 10.6. The van der Waals surface area contributed by atoms with Crippen LogP contribution < -0.4 is 4.74 Å². The third kappa shape index (κ3) is 1.08. The van der Waals surface area contributed by atoms with Crippen molar-refractivity contribution < 1.29 is 14.3 Å². The molecule has 0 aromatic heterocycles. The molecule has 0 spiro atoms. The number of carbonyl (C=O) groups is 1. The Bertz CT molecular complexity index is 307. The number of fused-ring (bicyclic) bond motifs is 1. The van der Waals surface area contributed by atoms with Crippen LogP contribution in [0.1, 0.15) is 15.9 Å². The van der Waals surface area contributed by atoms with E-state index in [4.69, 9.17) is 9.47 Å². The molecule has 0 saturated carbocycles. The molecule has 0 bridgehead atoms. The van der Waals surface area contributed by atoms with Gasteiger partial charge in [0.2, 0.25) is 0 Å². The van der Waals surface area contributed by atoms with Crippen molar-refractivity contribution in [1.82, 2.24) is 0 Å². The second kappa shape index (κ2) is 2.95. The summed E-state index contributed by atoms with van der Waals surface area (Å²) in [6.45, 7) is 0.736. The monoisotopic (exact) mass is 164 g/mol. The first-order valence-corrected chi connectivity index (χ1v) is 3.69. The molecular formula is C9H8O3. The molecule has 0 amide bonds. The van der Waals surface area contributed by atoms with Gasteiger partial charge in [-0.3, -0.25) is 4.79 Å². The smallest absolute Gasteiger partial charge is 0.189 e. The van der Waals surface area contributed by atoms with Crippen LogP contribution in [0.2, 0.25) is 0 Å². The molecule has 1 aromatic rings. The maximum absolute atomic E-state index is 10.6. The van der Waals surface area contributed by atoms with Crippen LogP contribution in [0.15, 0.2) is 18.2 Å². The maximum atomic E-state index is 10.6. The first-order valence-electron chi connectivity index (χ1n) is 3.69. The zero-order chi connectivity index (χ0) is 8.39. The maximum Gasteiger partial charge on any atom is 0.189 e. The van der Waals surface area contributed by atoms with Crippen molar-refractivity contribution in [2.45, 2.75) is 6.61 Å².